The molecule has 45 heavy (non-hydrogen) atoms. The number of rotatable bonds is 17. The Bertz CT molecular complexity index is 1420. The van der Waals surface area contributed by atoms with E-state index >= 15 is 0 Å². The minimum Gasteiger partial charge on any atom is -0.289 e. The van der Waals surface area contributed by atoms with Crippen LogP contribution in [0.2, 0.25) is 0 Å². The molecule has 0 atom stereocenters. The first-order valence-corrected chi connectivity index (χ1v) is 17.1. The van der Waals surface area contributed by atoms with Crippen LogP contribution in [0.1, 0.15) is 158 Å². The summed E-state index contributed by atoms with van der Waals surface area (Å²) < 4.78 is 0. The van der Waals surface area contributed by atoms with Crippen LogP contribution in [0.4, 0.5) is 0 Å². The lowest BCUT2D eigenvalue weighted by Crippen LogP contribution is -2.21. The monoisotopic (exact) mass is 608 g/mol. The highest BCUT2D eigenvalue weighted by atomic mass is 16.1. The van der Waals surface area contributed by atoms with Gasteiger partial charge in [0, 0.05) is 22.3 Å². The molecule has 0 amide bonds. The highest BCUT2D eigenvalue weighted by Gasteiger charge is 2.29. The van der Waals surface area contributed by atoms with Gasteiger partial charge in [0.2, 0.25) is 0 Å². The van der Waals surface area contributed by atoms with Gasteiger partial charge in [-0.2, -0.15) is 0 Å². The summed E-state index contributed by atoms with van der Waals surface area (Å²) in [4.78, 5) is 26.2. The minimum atomic E-state index is -0.0110. The molecule has 0 saturated heterocycles. The topological polar surface area (TPSA) is 34.1 Å². The highest BCUT2D eigenvalue weighted by Crippen LogP contribution is 2.30. The first kappa shape index (κ1) is 37.9. The second-order valence-corrected chi connectivity index (χ2v) is 13.7. The number of benzene rings is 1. The van der Waals surface area contributed by atoms with Crippen LogP contribution < -0.4 is 0 Å². The Labute approximate surface area is 275 Å². The van der Waals surface area contributed by atoms with Crippen LogP contribution in [0.15, 0.2) is 93.2 Å². The van der Waals surface area contributed by atoms with Gasteiger partial charge < -0.3 is 0 Å². The largest absolute Gasteiger partial charge is 0.289 e. The van der Waals surface area contributed by atoms with Crippen molar-refractivity contribution in [2.24, 2.45) is 0 Å². The number of carbonyl (C=O) groups is 2. The van der Waals surface area contributed by atoms with E-state index in [1.807, 2.05) is 26.0 Å². The van der Waals surface area contributed by atoms with Crippen LogP contribution in [0.3, 0.4) is 0 Å². The van der Waals surface area contributed by atoms with Gasteiger partial charge in [0.1, 0.15) is 0 Å². The summed E-state index contributed by atoms with van der Waals surface area (Å²) in [7, 11) is 0. The average molecular weight is 609 g/mol. The molecule has 0 saturated carbocycles. The van der Waals surface area contributed by atoms with Gasteiger partial charge in [-0.1, -0.05) is 69.9 Å². The third-order valence-corrected chi connectivity index (χ3v) is 9.06. The fourth-order valence-corrected chi connectivity index (χ4v) is 5.67. The van der Waals surface area contributed by atoms with Crippen molar-refractivity contribution in [3.05, 3.63) is 115 Å². The molecule has 0 heterocycles. The molecule has 0 aromatic heterocycles. The van der Waals surface area contributed by atoms with Gasteiger partial charge in [0.15, 0.2) is 11.6 Å². The van der Waals surface area contributed by atoms with Gasteiger partial charge in [-0.05, 0) is 163 Å². The lowest BCUT2D eigenvalue weighted by Gasteiger charge is -2.20. The number of hydrogen-bond acceptors (Lipinski definition) is 2. The van der Waals surface area contributed by atoms with Gasteiger partial charge in [0.25, 0.3) is 0 Å². The number of allylic oxidation sites excluding steroid dienone is 14. The van der Waals surface area contributed by atoms with E-state index < -0.39 is 0 Å². The van der Waals surface area contributed by atoms with Crippen LogP contribution in [0, 0.1) is 13.8 Å². The number of ketones is 2. The Kier molecular flexibility index (Phi) is 16.3. The quantitative estimate of drug-likeness (QED) is 0.165. The van der Waals surface area contributed by atoms with Crippen LogP contribution in [-0.4, -0.2) is 11.6 Å². The molecule has 0 aliphatic heterocycles. The van der Waals surface area contributed by atoms with Crippen LogP contribution in [-0.2, 0) is 0 Å². The first-order chi connectivity index (χ1) is 21.3. The molecule has 0 N–H and O–H groups in total. The molecular formula is C43H60O2. The van der Waals surface area contributed by atoms with Crippen molar-refractivity contribution in [2.75, 3.05) is 0 Å². The highest BCUT2D eigenvalue weighted by molar-refractivity contribution is 6.26. The van der Waals surface area contributed by atoms with E-state index in [2.05, 4.69) is 84.9 Å². The van der Waals surface area contributed by atoms with E-state index in [0.29, 0.717) is 28.7 Å². The summed E-state index contributed by atoms with van der Waals surface area (Å²) >= 11 is 0. The third kappa shape index (κ3) is 13.3. The Morgan fingerprint density at radius 3 is 1.20 bits per heavy atom. The second-order valence-electron chi connectivity index (χ2n) is 13.7. The Morgan fingerprint density at radius 2 is 0.822 bits per heavy atom. The molecule has 1 aliphatic rings. The van der Waals surface area contributed by atoms with Gasteiger partial charge >= 0.3 is 0 Å². The molecule has 0 radical (unpaired) electrons. The summed E-state index contributed by atoms with van der Waals surface area (Å²) in [5, 5.41) is 0. The van der Waals surface area contributed by atoms with Crippen molar-refractivity contribution < 1.29 is 9.59 Å². The van der Waals surface area contributed by atoms with E-state index in [9.17, 15) is 9.59 Å². The van der Waals surface area contributed by atoms with E-state index in [-0.39, 0.29) is 11.6 Å². The van der Waals surface area contributed by atoms with E-state index in [4.69, 9.17) is 0 Å². The predicted octanol–water partition coefficient (Wildman–Crippen LogP) is 13.0. The van der Waals surface area contributed by atoms with Crippen LogP contribution in [0.25, 0.3) is 0 Å². The van der Waals surface area contributed by atoms with Gasteiger partial charge in [-0.3, -0.25) is 9.59 Å². The zero-order valence-electron chi connectivity index (χ0n) is 30.2. The zero-order chi connectivity index (χ0) is 33.5. The smallest absolute Gasteiger partial charge is 0.190 e. The molecule has 1 aliphatic carbocycles. The standard InChI is InChI=1S/C43H60O2/c1-30(2)16-11-17-31(3)18-12-19-32(4)20-13-21-33(5)22-14-23-34(6)24-15-25-35(7)26-27-39-38(10)42(44)40-28-36(8)37(9)29-41(40)43(39)45/h16,18,20,22,24,26,28-29H,11-15,17,19,21,23,25,27H2,1-10H3/b31-18+,32-20+,33-22+,34-24+,35-26+. The van der Waals surface area contributed by atoms with E-state index in [0.717, 1.165) is 68.9 Å². The predicted molar refractivity (Wildman–Crippen MR) is 196 cm³/mol. The molecule has 0 unspecified atom stereocenters. The Balaban J connectivity index is 1.73. The summed E-state index contributed by atoms with van der Waals surface area (Å²) in [6.07, 6.45) is 25.6. The molecule has 1 aromatic carbocycles. The van der Waals surface area contributed by atoms with Crippen molar-refractivity contribution in [3.8, 4) is 0 Å². The molecule has 1 aromatic rings. The third-order valence-electron chi connectivity index (χ3n) is 9.06. The minimum absolute atomic E-state index is 0.00346. The Hall–Kier alpha value is -3.26. The SMILES string of the molecule is CC(C)=CCC/C(C)=C/CC/C(C)=C/CC/C(C)=C/CC/C(C)=C/CC/C(C)=C/CC1=C(C)C(=O)c2cc(C)c(C)cc2C1=O. The second kappa shape index (κ2) is 19.3. The van der Waals surface area contributed by atoms with Crippen molar-refractivity contribution in [3.63, 3.8) is 0 Å². The maximum atomic E-state index is 13.2. The summed E-state index contributed by atoms with van der Waals surface area (Å²) in [6.45, 7) is 21.3. The maximum absolute atomic E-state index is 13.2. The fourth-order valence-electron chi connectivity index (χ4n) is 5.67. The molecule has 2 nitrogen and oxygen atoms in total. The van der Waals surface area contributed by atoms with Crippen molar-refractivity contribution in [1.82, 2.24) is 0 Å². The molecule has 2 heteroatoms. The first-order valence-electron chi connectivity index (χ1n) is 17.1. The molecule has 2 rings (SSSR count). The Morgan fingerprint density at radius 1 is 0.489 bits per heavy atom. The summed E-state index contributed by atoms with van der Waals surface area (Å²) in [6, 6.07) is 3.75. The summed E-state index contributed by atoms with van der Waals surface area (Å²) in [5.74, 6) is -0.00758. The van der Waals surface area contributed by atoms with E-state index in [1.165, 1.54) is 39.9 Å². The van der Waals surface area contributed by atoms with Gasteiger partial charge in [0.05, 0.1) is 0 Å². The summed E-state index contributed by atoms with van der Waals surface area (Å²) in [5.41, 5.74) is 13.0. The number of fused-ring (bicyclic) bond motifs is 1. The molecule has 0 spiro atoms. The lowest BCUT2D eigenvalue weighted by molar-refractivity contribution is 0.0973. The number of aryl methyl sites for hydroxylation is 2. The number of Topliss-reactive ketones (excluding diaryl/α,β-unsaturated/α-hetero) is 2. The van der Waals surface area contributed by atoms with Crippen molar-refractivity contribution >= 4 is 11.6 Å². The number of carbonyl (C=O) groups excluding carboxylic acids is 2. The molecule has 0 bridgehead atoms. The van der Waals surface area contributed by atoms with E-state index in [1.54, 1.807) is 6.92 Å². The van der Waals surface area contributed by atoms with Gasteiger partial charge in [-0.25, -0.2) is 0 Å². The fraction of sp³-hybridized carbons (Fsp3) is 0.488. The van der Waals surface area contributed by atoms with Crippen molar-refractivity contribution in [2.45, 2.75) is 140 Å². The maximum Gasteiger partial charge on any atom is 0.190 e. The number of hydrogen-bond donors (Lipinski definition) is 0. The lowest BCUT2D eigenvalue weighted by atomic mass is 9.81. The van der Waals surface area contributed by atoms with Crippen LogP contribution >= 0.6 is 0 Å². The zero-order valence-corrected chi connectivity index (χ0v) is 30.2. The van der Waals surface area contributed by atoms with Gasteiger partial charge in [-0.15, -0.1) is 0 Å². The normalized spacial score (nSPS) is 15.2. The van der Waals surface area contributed by atoms with Crippen molar-refractivity contribution in [1.29, 1.82) is 0 Å². The average Bonchev–Trinajstić information content (AvgIpc) is 2.97. The molecule has 244 valence electrons. The van der Waals surface area contributed by atoms with Crippen LogP contribution in [0.5, 0.6) is 0 Å². The molecular weight excluding hydrogens is 548 g/mol. The molecule has 0 fully saturated rings.